The molecular formula is C13H26O2. The van der Waals surface area contributed by atoms with Crippen molar-refractivity contribution in [2.75, 3.05) is 13.7 Å². The third kappa shape index (κ3) is 4.52. The minimum atomic E-state index is -0.0321. The summed E-state index contributed by atoms with van der Waals surface area (Å²) in [6, 6.07) is 0. The van der Waals surface area contributed by atoms with E-state index in [2.05, 4.69) is 6.92 Å². The molecule has 15 heavy (non-hydrogen) atoms. The largest absolute Gasteiger partial charge is 0.393 e. The summed E-state index contributed by atoms with van der Waals surface area (Å²) in [6.07, 6.45) is 8.25. The molecule has 3 atom stereocenters. The molecule has 3 unspecified atom stereocenters. The zero-order chi connectivity index (χ0) is 11.1. The molecule has 0 saturated heterocycles. The second kappa shape index (κ2) is 7.24. The molecule has 0 heterocycles. The number of rotatable bonds is 6. The van der Waals surface area contributed by atoms with Gasteiger partial charge in [0.2, 0.25) is 0 Å². The molecule has 1 N–H and O–H groups in total. The van der Waals surface area contributed by atoms with E-state index in [4.69, 9.17) is 4.74 Å². The average Bonchev–Trinajstić information content (AvgIpc) is 2.26. The molecular weight excluding hydrogens is 188 g/mol. The fourth-order valence-corrected chi connectivity index (χ4v) is 2.68. The Hall–Kier alpha value is -0.0800. The predicted octanol–water partition coefficient (Wildman–Crippen LogP) is 2.99. The molecule has 0 aliphatic heterocycles. The third-order valence-corrected chi connectivity index (χ3v) is 3.80. The highest BCUT2D eigenvalue weighted by Crippen LogP contribution is 2.34. The second-order valence-corrected chi connectivity index (χ2v) is 4.90. The summed E-state index contributed by atoms with van der Waals surface area (Å²) in [5.74, 6) is 1.42. The van der Waals surface area contributed by atoms with E-state index in [0.717, 1.165) is 25.4 Å². The van der Waals surface area contributed by atoms with Crippen LogP contribution >= 0.6 is 0 Å². The normalized spacial score (nSPS) is 31.8. The van der Waals surface area contributed by atoms with Crippen LogP contribution < -0.4 is 0 Å². The number of aliphatic hydroxyl groups is 1. The van der Waals surface area contributed by atoms with Crippen LogP contribution in [-0.2, 0) is 4.74 Å². The molecule has 1 aliphatic carbocycles. The number of ether oxygens (including phenoxy) is 1. The Morgan fingerprint density at radius 2 is 2.07 bits per heavy atom. The first kappa shape index (κ1) is 13.0. The van der Waals surface area contributed by atoms with Crippen LogP contribution in [0.25, 0.3) is 0 Å². The van der Waals surface area contributed by atoms with Crippen LogP contribution in [-0.4, -0.2) is 24.9 Å². The summed E-state index contributed by atoms with van der Waals surface area (Å²) in [4.78, 5) is 0. The number of unbranched alkanes of at least 4 members (excludes halogenated alkanes) is 1. The van der Waals surface area contributed by atoms with Gasteiger partial charge in [-0.1, -0.05) is 19.8 Å². The maximum atomic E-state index is 9.91. The highest BCUT2D eigenvalue weighted by molar-refractivity contribution is 4.79. The molecule has 2 nitrogen and oxygen atoms in total. The smallest absolute Gasteiger partial charge is 0.0568 e. The van der Waals surface area contributed by atoms with Gasteiger partial charge in [-0.2, -0.15) is 0 Å². The van der Waals surface area contributed by atoms with E-state index >= 15 is 0 Å². The topological polar surface area (TPSA) is 29.5 Å². The molecule has 0 aromatic rings. The third-order valence-electron chi connectivity index (χ3n) is 3.80. The molecule has 90 valence electrons. The number of aliphatic hydroxyl groups excluding tert-OH is 1. The summed E-state index contributed by atoms with van der Waals surface area (Å²) >= 11 is 0. The molecule has 0 amide bonds. The highest BCUT2D eigenvalue weighted by atomic mass is 16.5. The summed E-state index contributed by atoms with van der Waals surface area (Å²) in [5, 5.41) is 9.91. The SMILES string of the molecule is CCC1CCC(O)C(CCCCOC)C1. The summed E-state index contributed by atoms with van der Waals surface area (Å²) in [6.45, 7) is 3.13. The Morgan fingerprint density at radius 3 is 2.73 bits per heavy atom. The van der Waals surface area contributed by atoms with E-state index in [1.165, 1.54) is 32.1 Å². The molecule has 0 radical (unpaired) electrons. The molecule has 1 fully saturated rings. The lowest BCUT2D eigenvalue weighted by atomic mass is 9.76. The Morgan fingerprint density at radius 1 is 1.27 bits per heavy atom. The van der Waals surface area contributed by atoms with Gasteiger partial charge in [0.1, 0.15) is 0 Å². The van der Waals surface area contributed by atoms with Crippen molar-refractivity contribution in [2.45, 2.75) is 58.0 Å². The maximum absolute atomic E-state index is 9.91. The van der Waals surface area contributed by atoms with E-state index in [1.807, 2.05) is 0 Å². The molecule has 0 aromatic heterocycles. The van der Waals surface area contributed by atoms with Gasteiger partial charge in [-0.25, -0.2) is 0 Å². The lowest BCUT2D eigenvalue weighted by Gasteiger charge is -2.33. The zero-order valence-corrected chi connectivity index (χ0v) is 10.2. The van der Waals surface area contributed by atoms with E-state index in [-0.39, 0.29) is 6.10 Å². The lowest BCUT2D eigenvalue weighted by molar-refractivity contribution is 0.0407. The molecule has 2 heteroatoms. The summed E-state index contributed by atoms with van der Waals surface area (Å²) in [7, 11) is 1.75. The van der Waals surface area contributed by atoms with Crippen LogP contribution in [0.2, 0.25) is 0 Å². The van der Waals surface area contributed by atoms with Crippen molar-refractivity contribution in [3.63, 3.8) is 0 Å². The summed E-state index contributed by atoms with van der Waals surface area (Å²) in [5.41, 5.74) is 0. The van der Waals surface area contributed by atoms with Crippen molar-refractivity contribution in [2.24, 2.45) is 11.8 Å². The van der Waals surface area contributed by atoms with E-state index < -0.39 is 0 Å². The Kier molecular flexibility index (Phi) is 6.26. The van der Waals surface area contributed by atoms with Crippen molar-refractivity contribution in [3.05, 3.63) is 0 Å². The minimum Gasteiger partial charge on any atom is -0.393 e. The van der Waals surface area contributed by atoms with Gasteiger partial charge in [-0.05, 0) is 43.9 Å². The van der Waals surface area contributed by atoms with Crippen LogP contribution in [0.3, 0.4) is 0 Å². The van der Waals surface area contributed by atoms with E-state index in [1.54, 1.807) is 7.11 Å². The van der Waals surface area contributed by atoms with Gasteiger partial charge in [-0.15, -0.1) is 0 Å². The zero-order valence-electron chi connectivity index (χ0n) is 10.2. The Labute approximate surface area is 94.0 Å². The maximum Gasteiger partial charge on any atom is 0.0568 e. The molecule has 1 rings (SSSR count). The van der Waals surface area contributed by atoms with Crippen LogP contribution in [0.5, 0.6) is 0 Å². The highest BCUT2D eigenvalue weighted by Gasteiger charge is 2.27. The van der Waals surface area contributed by atoms with Crippen molar-refractivity contribution in [1.82, 2.24) is 0 Å². The number of hydrogen-bond donors (Lipinski definition) is 1. The first-order valence-electron chi connectivity index (χ1n) is 6.45. The van der Waals surface area contributed by atoms with Gasteiger partial charge in [0, 0.05) is 13.7 Å². The van der Waals surface area contributed by atoms with Crippen LogP contribution in [0, 0.1) is 11.8 Å². The van der Waals surface area contributed by atoms with Crippen LogP contribution in [0.1, 0.15) is 51.9 Å². The summed E-state index contributed by atoms with van der Waals surface area (Å²) < 4.78 is 5.04. The van der Waals surface area contributed by atoms with Crippen LogP contribution in [0.15, 0.2) is 0 Å². The average molecular weight is 214 g/mol. The van der Waals surface area contributed by atoms with Gasteiger partial charge in [0.05, 0.1) is 6.10 Å². The fraction of sp³-hybridized carbons (Fsp3) is 1.00. The first-order valence-corrected chi connectivity index (χ1v) is 6.45. The molecule has 0 aromatic carbocycles. The van der Waals surface area contributed by atoms with Gasteiger partial charge < -0.3 is 9.84 Å². The van der Waals surface area contributed by atoms with Crippen molar-refractivity contribution in [1.29, 1.82) is 0 Å². The van der Waals surface area contributed by atoms with Gasteiger partial charge in [-0.3, -0.25) is 0 Å². The quantitative estimate of drug-likeness (QED) is 0.689. The van der Waals surface area contributed by atoms with E-state index in [9.17, 15) is 5.11 Å². The standard InChI is InChI=1S/C13H26O2/c1-3-11-7-8-13(14)12(10-11)6-4-5-9-15-2/h11-14H,3-10H2,1-2H3. The number of hydrogen-bond acceptors (Lipinski definition) is 2. The first-order chi connectivity index (χ1) is 7.27. The molecule has 1 saturated carbocycles. The monoisotopic (exact) mass is 214 g/mol. The Balaban J connectivity index is 2.19. The van der Waals surface area contributed by atoms with E-state index in [0.29, 0.717) is 5.92 Å². The lowest BCUT2D eigenvalue weighted by Crippen LogP contribution is -2.28. The Bertz CT molecular complexity index is 159. The van der Waals surface area contributed by atoms with Crippen molar-refractivity contribution in [3.8, 4) is 0 Å². The number of methoxy groups -OCH3 is 1. The molecule has 1 aliphatic rings. The van der Waals surface area contributed by atoms with Gasteiger partial charge >= 0.3 is 0 Å². The van der Waals surface area contributed by atoms with Crippen molar-refractivity contribution < 1.29 is 9.84 Å². The van der Waals surface area contributed by atoms with Gasteiger partial charge in [0.15, 0.2) is 0 Å². The minimum absolute atomic E-state index is 0.0321. The molecule has 0 spiro atoms. The predicted molar refractivity (Wildman–Crippen MR) is 62.9 cm³/mol. The van der Waals surface area contributed by atoms with Crippen molar-refractivity contribution >= 4 is 0 Å². The second-order valence-electron chi connectivity index (χ2n) is 4.90. The molecule has 0 bridgehead atoms. The fourth-order valence-electron chi connectivity index (χ4n) is 2.68. The van der Waals surface area contributed by atoms with Crippen LogP contribution in [0.4, 0.5) is 0 Å². The van der Waals surface area contributed by atoms with Gasteiger partial charge in [0.25, 0.3) is 0 Å².